The molecule has 1 aromatic rings. The molecule has 114 valence electrons. The van der Waals surface area contributed by atoms with Crippen LogP contribution in [0.3, 0.4) is 0 Å². The van der Waals surface area contributed by atoms with E-state index in [9.17, 15) is 0 Å². The van der Waals surface area contributed by atoms with Crippen molar-refractivity contribution in [2.75, 3.05) is 44.3 Å². The average molecular weight is 311 g/mol. The van der Waals surface area contributed by atoms with Crippen LogP contribution in [-0.4, -0.2) is 68.3 Å². The van der Waals surface area contributed by atoms with E-state index < -0.39 is 0 Å². The Labute approximate surface area is 130 Å². The van der Waals surface area contributed by atoms with Crippen molar-refractivity contribution in [1.29, 1.82) is 0 Å². The normalized spacial score (nSPS) is 21.5. The highest BCUT2D eigenvalue weighted by Crippen LogP contribution is 2.22. The van der Waals surface area contributed by atoms with Crippen LogP contribution in [0.15, 0.2) is 6.07 Å². The number of nitrogens with zero attached hydrogens (tertiary/aromatic N) is 4. The van der Waals surface area contributed by atoms with Crippen LogP contribution in [0.25, 0.3) is 0 Å². The summed E-state index contributed by atoms with van der Waals surface area (Å²) in [5, 5.41) is 0.425. The van der Waals surface area contributed by atoms with Crippen molar-refractivity contribution < 1.29 is 9.47 Å². The van der Waals surface area contributed by atoms with Crippen LogP contribution in [0.1, 0.15) is 12.8 Å². The van der Waals surface area contributed by atoms with Gasteiger partial charge >= 0.3 is 0 Å². The zero-order valence-corrected chi connectivity index (χ0v) is 13.1. The zero-order chi connectivity index (χ0) is 14.7. The van der Waals surface area contributed by atoms with E-state index >= 15 is 0 Å². The quantitative estimate of drug-likeness (QED) is 0.593. The van der Waals surface area contributed by atoms with Crippen molar-refractivity contribution in [3.05, 3.63) is 11.2 Å². The van der Waals surface area contributed by atoms with Gasteiger partial charge in [-0.05, 0) is 25.9 Å². The maximum atomic E-state index is 6.11. The number of ether oxygens (including phenoxy) is 2. The molecule has 2 aliphatic heterocycles. The van der Waals surface area contributed by atoms with Crippen LogP contribution in [0.2, 0.25) is 5.15 Å². The Morgan fingerprint density at radius 1 is 1.19 bits per heavy atom. The highest BCUT2D eigenvalue weighted by Gasteiger charge is 2.20. The smallest absolute Gasteiger partial charge is 0.230 e. The first-order valence-electron chi connectivity index (χ1n) is 7.43. The molecule has 0 aromatic carbocycles. The number of morpholine rings is 1. The molecule has 0 radical (unpaired) electrons. The Kier molecular flexibility index (Phi) is 4.82. The molecule has 6 nitrogen and oxygen atoms in total. The number of piperidine rings is 1. The predicted octanol–water partition coefficient (Wildman–Crippen LogP) is 0.358. The second-order valence-electron chi connectivity index (χ2n) is 5.55. The fourth-order valence-corrected chi connectivity index (χ4v) is 2.79. The van der Waals surface area contributed by atoms with Gasteiger partial charge in [-0.25, -0.2) is 4.98 Å². The van der Waals surface area contributed by atoms with Crippen molar-refractivity contribution in [1.82, 2.24) is 14.8 Å². The number of aromatic nitrogens is 2. The molecular formula is C13H20BClN4O2. The molecule has 0 atom stereocenters. The molecule has 2 saturated heterocycles. The summed E-state index contributed by atoms with van der Waals surface area (Å²) in [4.78, 5) is 13.2. The highest BCUT2D eigenvalue weighted by molar-refractivity contribution is 6.29. The van der Waals surface area contributed by atoms with Crippen molar-refractivity contribution in [3.8, 4) is 5.88 Å². The number of hydrogen-bond donors (Lipinski definition) is 0. The largest absolute Gasteiger partial charge is 0.474 e. The average Bonchev–Trinajstić information content (AvgIpc) is 2.50. The third kappa shape index (κ3) is 3.99. The summed E-state index contributed by atoms with van der Waals surface area (Å²) in [6.07, 6.45) is 2.25. The van der Waals surface area contributed by atoms with Crippen LogP contribution in [-0.2, 0) is 4.74 Å². The fourth-order valence-electron chi connectivity index (χ4n) is 2.62. The van der Waals surface area contributed by atoms with Crippen LogP contribution >= 0.6 is 11.6 Å². The molecule has 3 rings (SSSR count). The molecule has 0 aliphatic carbocycles. The lowest BCUT2D eigenvalue weighted by Crippen LogP contribution is -2.38. The van der Waals surface area contributed by atoms with E-state index in [1.54, 1.807) is 6.07 Å². The Balaban J connectivity index is 1.68. The van der Waals surface area contributed by atoms with Gasteiger partial charge in [-0.15, -0.1) is 0 Å². The number of halogens is 1. The second-order valence-corrected chi connectivity index (χ2v) is 5.94. The predicted molar refractivity (Wildman–Crippen MR) is 83.8 cm³/mol. The summed E-state index contributed by atoms with van der Waals surface area (Å²) >= 11 is 6.11. The van der Waals surface area contributed by atoms with Gasteiger partial charge in [0.25, 0.3) is 0 Å². The molecule has 2 fully saturated rings. The molecule has 2 aliphatic rings. The molecule has 0 N–H and O–H groups in total. The summed E-state index contributed by atoms with van der Waals surface area (Å²) in [5.74, 6) is 1.21. The SMILES string of the molecule is BN1CCC(Oc2cc(Cl)nc(N3CCOCC3)n2)CC1. The lowest BCUT2D eigenvalue weighted by atomic mass is 10.1. The monoisotopic (exact) mass is 310 g/mol. The first-order valence-corrected chi connectivity index (χ1v) is 7.81. The summed E-state index contributed by atoms with van der Waals surface area (Å²) in [6.45, 7) is 5.07. The third-order valence-electron chi connectivity index (χ3n) is 3.91. The third-order valence-corrected chi connectivity index (χ3v) is 4.10. The number of rotatable bonds is 3. The van der Waals surface area contributed by atoms with E-state index in [1.807, 2.05) is 0 Å². The minimum absolute atomic E-state index is 0.213. The minimum atomic E-state index is 0.213. The summed E-state index contributed by atoms with van der Waals surface area (Å²) in [6, 6.07) is 1.70. The van der Waals surface area contributed by atoms with Gasteiger partial charge < -0.3 is 19.2 Å². The van der Waals surface area contributed by atoms with Gasteiger partial charge in [0.15, 0.2) is 7.98 Å². The Morgan fingerprint density at radius 2 is 1.90 bits per heavy atom. The number of anilines is 1. The molecule has 0 amide bonds. The van der Waals surface area contributed by atoms with E-state index in [-0.39, 0.29) is 6.10 Å². The summed E-state index contributed by atoms with van der Waals surface area (Å²) in [5.41, 5.74) is 0. The van der Waals surface area contributed by atoms with Gasteiger partial charge in [0.2, 0.25) is 11.8 Å². The second kappa shape index (κ2) is 6.81. The van der Waals surface area contributed by atoms with Crippen LogP contribution < -0.4 is 9.64 Å². The summed E-state index contributed by atoms with van der Waals surface area (Å²) in [7, 11) is 2.13. The van der Waals surface area contributed by atoms with Crippen molar-refractivity contribution >= 4 is 25.5 Å². The van der Waals surface area contributed by atoms with E-state index in [0.29, 0.717) is 30.2 Å². The molecule has 1 aromatic heterocycles. The Hall–Kier alpha value is -1.05. The highest BCUT2D eigenvalue weighted by atomic mass is 35.5. The lowest BCUT2D eigenvalue weighted by Gasteiger charge is -2.30. The maximum absolute atomic E-state index is 6.11. The lowest BCUT2D eigenvalue weighted by molar-refractivity contribution is 0.120. The van der Waals surface area contributed by atoms with Gasteiger partial charge in [0.05, 0.1) is 13.2 Å². The zero-order valence-electron chi connectivity index (χ0n) is 12.3. The standard InChI is InChI=1S/C13H20BClN4O2/c14-19-3-1-10(2-4-19)21-12-9-11(15)16-13(17-12)18-5-7-20-8-6-18/h9-10H,1-8,14H2. The van der Waals surface area contributed by atoms with E-state index in [4.69, 9.17) is 21.1 Å². The van der Waals surface area contributed by atoms with Gasteiger partial charge in [0.1, 0.15) is 11.3 Å². The molecule has 8 heteroatoms. The molecule has 0 bridgehead atoms. The summed E-state index contributed by atoms with van der Waals surface area (Å²) < 4.78 is 11.3. The Bertz CT molecular complexity index is 479. The molecular weight excluding hydrogens is 290 g/mol. The van der Waals surface area contributed by atoms with Gasteiger partial charge in [-0.3, -0.25) is 0 Å². The van der Waals surface area contributed by atoms with E-state index in [2.05, 4.69) is 27.7 Å². The molecule has 21 heavy (non-hydrogen) atoms. The van der Waals surface area contributed by atoms with E-state index in [0.717, 1.165) is 39.0 Å². The van der Waals surface area contributed by atoms with Crippen LogP contribution in [0.5, 0.6) is 5.88 Å². The first-order chi connectivity index (χ1) is 10.2. The maximum Gasteiger partial charge on any atom is 0.230 e. The van der Waals surface area contributed by atoms with Gasteiger partial charge in [0, 0.05) is 19.2 Å². The van der Waals surface area contributed by atoms with Crippen LogP contribution in [0, 0.1) is 0 Å². The molecule has 0 unspecified atom stereocenters. The minimum Gasteiger partial charge on any atom is -0.474 e. The Morgan fingerprint density at radius 3 is 2.62 bits per heavy atom. The molecule has 0 spiro atoms. The van der Waals surface area contributed by atoms with Crippen LogP contribution in [0.4, 0.5) is 5.95 Å². The molecule has 0 saturated carbocycles. The fraction of sp³-hybridized carbons (Fsp3) is 0.692. The van der Waals surface area contributed by atoms with Crippen molar-refractivity contribution in [2.45, 2.75) is 18.9 Å². The number of hydrogen-bond acceptors (Lipinski definition) is 6. The molecule has 3 heterocycles. The van der Waals surface area contributed by atoms with Crippen molar-refractivity contribution in [3.63, 3.8) is 0 Å². The van der Waals surface area contributed by atoms with Gasteiger partial charge in [-0.1, -0.05) is 11.6 Å². The van der Waals surface area contributed by atoms with Gasteiger partial charge in [-0.2, -0.15) is 4.98 Å². The van der Waals surface area contributed by atoms with E-state index in [1.165, 1.54) is 0 Å². The topological polar surface area (TPSA) is 50.7 Å². The van der Waals surface area contributed by atoms with Crippen molar-refractivity contribution in [2.24, 2.45) is 0 Å². The first kappa shape index (κ1) is 14.9.